The number of guanidine groups is 1. The zero-order valence-electron chi connectivity index (χ0n) is 14.6. The highest BCUT2D eigenvalue weighted by Gasteiger charge is 2.30. The zero-order chi connectivity index (χ0) is 17.6. The molecule has 25 heavy (non-hydrogen) atoms. The highest BCUT2D eigenvalue weighted by atomic mass is 127. The number of hydrogen-bond donors (Lipinski definition) is 2. The third-order valence-corrected chi connectivity index (χ3v) is 4.07. The second kappa shape index (κ2) is 10.2. The maximum absolute atomic E-state index is 12.6. The van der Waals surface area contributed by atoms with E-state index < -0.39 is 11.7 Å². The first kappa shape index (κ1) is 22.0. The summed E-state index contributed by atoms with van der Waals surface area (Å²) in [5, 5.41) is 6.64. The van der Waals surface area contributed by atoms with Gasteiger partial charge < -0.3 is 10.6 Å². The Labute approximate surface area is 164 Å². The first-order chi connectivity index (χ1) is 11.4. The summed E-state index contributed by atoms with van der Waals surface area (Å²) in [7, 11) is 1.75. The van der Waals surface area contributed by atoms with Gasteiger partial charge in [0.05, 0.1) is 5.56 Å². The molecule has 1 aromatic carbocycles. The first-order valence-corrected chi connectivity index (χ1v) is 8.28. The van der Waals surface area contributed by atoms with Crippen molar-refractivity contribution < 1.29 is 13.2 Å². The molecule has 0 spiro atoms. The maximum atomic E-state index is 12.6. The van der Waals surface area contributed by atoms with Crippen LogP contribution in [0, 0.1) is 0 Å². The van der Waals surface area contributed by atoms with Gasteiger partial charge in [0.25, 0.3) is 0 Å². The number of nitrogens with one attached hydrogen (secondary N) is 2. The molecule has 1 aromatic rings. The van der Waals surface area contributed by atoms with Crippen molar-refractivity contribution in [2.24, 2.45) is 4.99 Å². The van der Waals surface area contributed by atoms with Gasteiger partial charge in [0, 0.05) is 39.3 Å². The molecular formula is C17H26F3IN4. The molecule has 4 nitrogen and oxygen atoms in total. The molecule has 1 heterocycles. The van der Waals surface area contributed by atoms with E-state index >= 15 is 0 Å². The molecule has 1 aliphatic rings. The zero-order valence-corrected chi connectivity index (χ0v) is 16.9. The lowest BCUT2D eigenvalue weighted by Crippen LogP contribution is -2.44. The summed E-state index contributed by atoms with van der Waals surface area (Å²) in [4.78, 5) is 6.44. The van der Waals surface area contributed by atoms with Gasteiger partial charge in [-0.05, 0) is 30.5 Å². The number of likely N-dealkylation sites (tertiary alicyclic amines) is 1. The van der Waals surface area contributed by atoms with Crippen molar-refractivity contribution in [3.8, 4) is 0 Å². The molecule has 142 valence electrons. The summed E-state index contributed by atoms with van der Waals surface area (Å²) >= 11 is 0. The van der Waals surface area contributed by atoms with Crippen molar-refractivity contribution in [2.45, 2.75) is 38.5 Å². The number of alkyl halides is 3. The number of hydrogen-bond acceptors (Lipinski definition) is 2. The van der Waals surface area contributed by atoms with Crippen molar-refractivity contribution >= 4 is 29.9 Å². The van der Waals surface area contributed by atoms with Gasteiger partial charge in [0.15, 0.2) is 5.96 Å². The molecule has 0 aliphatic carbocycles. The van der Waals surface area contributed by atoms with E-state index in [4.69, 9.17) is 0 Å². The lowest BCUT2D eigenvalue weighted by Gasteiger charge is -2.19. The summed E-state index contributed by atoms with van der Waals surface area (Å²) in [6, 6.07) is 5.73. The molecule has 2 rings (SSSR count). The van der Waals surface area contributed by atoms with Crippen LogP contribution in [0.15, 0.2) is 29.3 Å². The summed E-state index contributed by atoms with van der Waals surface area (Å²) in [5.41, 5.74) is 0.301. The SMILES string of the molecule is CCCNC(=NC)NC1CCN(Cc2ccc(C(F)(F)F)cc2)C1.I. The number of rotatable bonds is 5. The minimum atomic E-state index is -4.28. The minimum absolute atomic E-state index is 0. The van der Waals surface area contributed by atoms with Gasteiger partial charge in [-0.3, -0.25) is 9.89 Å². The van der Waals surface area contributed by atoms with Crippen LogP contribution < -0.4 is 10.6 Å². The molecule has 1 saturated heterocycles. The molecule has 0 radical (unpaired) electrons. The van der Waals surface area contributed by atoms with E-state index in [-0.39, 0.29) is 24.0 Å². The smallest absolute Gasteiger partial charge is 0.356 e. The molecule has 8 heteroatoms. The van der Waals surface area contributed by atoms with Gasteiger partial charge in [0.2, 0.25) is 0 Å². The highest BCUT2D eigenvalue weighted by Crippen LogP contribution is 2.29. The van der Waals surface area contributed by atoms with Crippen molar-refractivity contribution in [1.29, 1.82) is 0 Å². The van der Waals surface area contributed by atoms with Crippen LogP contribution in [-0.4, -0.2) is 43.6 Å². The molecule has 0 bridgehead atoms. The number of aliphatic imine (C=N–C) groups is 1. The summed E-state index contributed by atoms with van der Waals surface area (Å²) in [6.07, 6.45) is -2.25. The fourth-order valence-corrected chi connectivity index (χ4v) is 2.78. The summed E-state index contributed by atoms with van der Waals surface area (Å²) in [6.45, 7) is 5.41. The van der Waals surface area contributed by atoms with Crippen LogP contribution in [0.5, 0.6) is 0 Å². The van der Waals surface area contributed by atoms with Crippen LogP contribution >= 0.6 is 24.0 Å². The van der Waals surface area contributed by atoms with Crippen molar-refractivity contribution in [3.05, 3.63) is 35.4 Å². The van der Waals surface area contributed by atoms with Gasteiger partial charge in [0.1, 0.15) is 0 Å². The third-order valence-electron chi connectivity index (χ3n) is 4.07. The van der Waals surface area contributed by atoms with Crippen LogP contribution in [-0.2, 0) is 12.7 Å². The van der Waals surface area contributed by atoms with Gasteiger partial charge >= 0.3 is 6.18 Å². The average Bonchev–Trinajstić information content (AvgIpc) is 2.98. The summed E-state index contributed by atoms with van der Waals surface area (Å²) in [5.74, 6) is 0.804. The fraction of sp³-hybridized carbons (Fsp3) is 0.588. The highest BCUT2D eigenvalue weighted by molar-refractivity contribution is 14.0. The van der Waals surface area contributed by atoms with Crippen molar-refractivity contribution in [2.75, 3.05) is 26.7 Å². The van der Waals surface area contributed by atoms with E-state index in [2.05, 4.69) is 27.4 Å². The van der Waals surface area contributed by atoms with Gasteiger partial charge in [-0.15, -0.1) is 24.0 Å². The second-order valence-electron chi connectivity index (χ2n) is 6.06. The Morgan fingerprint density at radius 3 is 2.52 bits per heavy atom. The third kappa shape index (κ3) is 7.01. The Kier molecular flexibility index (Phi) is 8.98. The van der Waals surface area contributed by atoms with Crippen LogP contribution in [0.2, 0.25) is 0 Å². The summed E-state index contributed by atoms with van der Waals surface area (Å²) < 4.78 is 37.8. The Hall–Kier alpha value is -1.03. The molecule has 1 unspecified atom stereocenters. The predicted octanol–water partition coefficient (Wildman–Crippen LogP) is 3.47. The van der Waals surface area contributed by atoms with E-state index in [1.54, 1.807) is 19.2 Å². The van der Waals surface area contributed by atoms with E-state index in [9.17, 15) is 13.2 Å². The average molecular weight is 470 g/mol. The normalized spacial score (nSPS) is 18.8. The van der Waals surface area contributed by atoms with E-state index in [0.717, 1.165) is 56.1 Å². The molecule has 0 amide bonds. The number of halogens is 4. The van der Waals surface area contributed by atoms with Gasteiger partial charge in [-0.1, -0.05) is 19.1 Å². The van der Waals surface area contributed by atoms with Gasteiger partial charge in [-0.25, -0.2) is 0 Å². The molecule has 0 aromatic heterocycles. The number of nitrogens with zero attached hydrogens (tertiary/aromatic N) is 2. The predicted molar refractivity (Wildman–Crippen MR) is 105 cm³/mol. The Morgan fingerprint density at radius 1 is 1.28 bits per heavy atom. The fourth-order valence-electron chi connectivity index (χ4n) is 2.78. The lowest BCUT2D eigenvalue weighted by molar-refractivity contribution is -0.137. The molecular weight excluding hydrogens is 444 g/mol. The van der Waals surface area contributed by atoms with E-state index in [1.807, 2.05) is 0 Å². The largest absolute Gasteiger partial charge is 0.416 e. The Morgan fingerprint density at radius 2 is 1.96 bits per heavy atom. The van der Waals surface area contributed by atoms with Crippen molar-refractivity contribution in [1.82, 2.24) is 15.5 Å². The maximum Gasteiger partial charge on any atom is 0.416 e. The quantitative estimate of drug-likeness (QED) is 0.394. The van der Waals surface area contributed by atoms with Crippen LogP contribution in [0.1, 0.15) is 30.9 Å². The monoisotopic (exact) mass is 470 g/mol. The van der Waals surface area contributed by atoms with Crippen LogP contribution in [0.3, 0.4) is 0 Å². The van der Waals surface area contributed by atoms with Crippen LogP contribution in [0.4, 0.5) is 13.2 Å². The van der Waals surface area contributed by atoms with E-state index in [0.29, 0.717) is 12.6 Å². The Bertz CT molecular complexity index is 546. The standard InChI is InChI=1S/C17H25F3N4.HI/c1-3-9-22-16(21-2)23-15-8-10-24(12-15)11-13-4-6-14(7-5-13)17(18,19)20;/h4-7,15H,3,8-12H2,1-2H3,(H2,21,22,23);1H. The Balaban J connectivity index is 0.00000312. The van der Waals surface area contributed by atoms with Gasteiger partial charge in [-0.2, -0.15) is 13.2 Å². The minimum Gasteiger partial charge on any atom is -0.356 e. The van der Waals surface area contributed by atoms with Crippen molar-refractivity contribution in [3.63, 3.8) is 0 Å². The molecule has 2 N–H and O–H groups in total. The molecule has 1 aliphatic heterocycles. The molecule has 0 saturated carbocycles. The van der Waals surface area contributed by atoms with E-state index in [1.165, 1.54) is 0 Å². The molecule has 1 fully saturated rings. The van der Waals surface area contributed by atoms with Crippen LogP contribution in [0.25, 0.3) is 0 Å². The first-order valence-electron chi connectivity index (χ1n) is 8.28. The molecule has 1 atom stereocenters. The lowest BCUT2D eigenvalue weighted by atomic mass is 10.1. The number of benzene rings is 1. The topological polar surface area (TPSA) is 39.7 Å². The second-order valence-corrected chi connectivity index (χ2v) is 6.06.